The molecule has 0 spiro atoms. The monoisotopic (exact) mass is 322 g/mol. The van der Waals surface area contributed by atoms with Crippen molar-refractivity contribution in [3.05, 3.63) is 46.6 Å². The van der Waals surface area contributed by atoms with Gasteiger partial charge in [-0.2, -0.15) is 4.98 Å². The first-order chi connectivity index (χ1) is 9.29. The maximum Gasteiger partial charge on any atom is 0.240 e. The number of ether oxygens (including phenoxy) is 1. The molecular weight excluding hydrogens is 308 g/mol. The van der Waals surface area contributed by atoms with Crippen molar-refractivity contribution in [2.24, 2.45) is 5.84 Å². The number of nitrogens with one attached hydrogen (secondary N) is 1. The number of nitrogen functional groups attached to an aromatic ring is 1. The average Bonchev–Trinajstić information content (AvgIpc) is 2.46. The molecule has 0 bridgehead atoms. The Labute approximate surface area is 120 Å². The summed E-state index contributed by atoms with van der Waals surface area (Å²) in [4.78, 5) is 8.08. The summed E-state index contributed by atoms with van der Waals surface area (Å²) in [6, 6.07) is 10.3. The highest BCUT2D eigenvalue weighted by Crippen LogP contribution is 2.22. The highest BCUT2D eigenvalue weighted by atomic mass is 79.9. The van der Waals surface area contributed by atoms with Crippen LogP contribution >= 0.6 is 15.9 Å². The van der Waals surface area contributed by atoms with Crippen molar-refractivity contribution in [2.45, 2.75) is 12.8 Å². The Bertz CT molecular complexity index is 521. The molecular formula is C13H15BrN4O. The van der Waals surface area contributed by atoms with E-state index in [9.17, 15) is 0 Å². The SMILES string of the molecule is NNc1ncc(Br)c(OCCCc2ccccc2)n1. The van der Waals surface area contributed by atoms with Gasteiger partial charge in [-0.05, 0) is 34.3 Å². The predicted octanol–water partition coefficient (Wildman–Crippen LogP) is 2.54. The quantitative estimate of drug-likeness (QED) is 0.485. The van der Waals surface area contributed by atoms with Gasteiger partial charge in [-0.15, -0.1) is 0 Å². The third-order valence-corrected chi connectivity index (χ3v) is 3.08. The number of anilines is 1. The fourth-order valence-electron chi connectivity index (χ4n) is 1.61. The smallest absolute Gasteiger partial charge is 0.240 e. The highest BCUT2D eigenvalue weighted by molar-refractivity contribution is 9.10. The van der Waals surface area contributed by atoms with Crippen LogP contribution in [-0.2, 0) is 6.42 Å². The maximum absolute atomic E-state index is 5.61. The molecule has 0 amide bonds. The number of benzene rings is 1. The average molecular weight is 323 g/mol. The molecule has 1 heterocycles. The zero-order chi connectivity index (χ0) is 13.5. The van der Waals surface area contributed by atoms with Crippen molar-refractivity contribution < 1.29 is 4.74 Å². The lowest BCUT2D eigenvalue weighted by atomic mass is 10.1. The second-order valence-electron chi connectivity index (χ2n) is 3.93. The fourth-order valence-corrected chi connectivity index (χ4v) is 1.92. The van der Waals surface area contributed by atoms with E-state index in [0.717, 1.165) is 12.8 Å². The van der Waals surface area contributed by atoms with Crippen molar-refractivity contribution in [1.29, 1.82) is 0 Å². The zero-order valence-corrected chi connectivity index (χ0v) is 11.9. The lowest BCUT2D eigenvalue weighted by molar-refractivity contribution is 0.297. The third-order valence-electron chi connectivity index (χ3n) is 2.53. The molecule has 0 unspecified atom stereocenters. The summed E-state index contributed by atoms with van der Waals surface area (Å²) in [5, 5.41) is 0. The van der Waals surface area contributed by atoms with E-state index < -0.39 is 0 Å². The van der Waals surface area contributed by atoms with Gasteiger partial charge in [0, 0.05) is 0 Å². The summed E-state index contributed by atoms with van der Waals surface area (Å²) < 4.78 is 6.32. The summed E-state index contributed by atoms with van der Waals surface area (Å²) in [5.74, 6) is 6.08. The first-order valence-electron chi connectivity index (χ1n) is 5.95. The Morgan fingerprint density at radius 3 is 2.79 bits per heavy atom. The van der Waals surface area contributed by atoms with Gasteiger partial charge in [-0.25, -0.2) is 10.8 Å². The lowest BCUT2D eigenvalue weighted by Crippen LogP contribution is -2.11. The van der Waals surface area contributed by atoms with Gasteiger partial charge in [0.2, 0.25) is 11.8 Å². The van der Waals surface area contributed by atoms with E-state index in [-0.39, 0.29) is 0 Å². The Morgan fingerprint density at radius 1 is 1.26 bits per heavy atom. The minimum atomic E-state index is 0.334. The first kappa shape index (κ1) is 13.8. The molecule has 6 heteroatoms. The Morgan fingerprint density at radius 2 is 2.05 bits per heavy atom. The first-order valence-corrected chi connectivity index (χ1v) is 6.75. The lowest BCUT2D eigenvalue weighted by Gasteiger charge is -2.08. The van der Waals surface area contributed by atoms with Gasteiger partial charge in [0.05, 0.1) is 17.3 Å². The molecule has 0 radical (unpaired) electrons. The van der Waals surface area contributed by atoms with Crippen molar-refractivity contribution >= 4 is 21.9 Å². The van der Waals surface area contributed by atoms with Crippen LogP contribution in [0.1, 0.15) is 12.0 Å². The molecule has 1 aromatic heterocycles. The summed E-state index contributed by atoms with van der Waals surface area (Å²) in [5.41, 5.74) is 3.69. The van der Waals surface area contributed by atoms with Gasteiger partial charge in [0.1, 0.15) is 0 Å². The Hall–Kier alpha value is -1.66. The Balaban J connectivity index is 1.82. The maximum atomic E-state index is 5.61. The van der Waals surface area contributed by atoms with E-state index in [1.165, 1.54) is 5.56 Å². The van der Waals surface area contributed by atoms with Crippen LogP contribution in [0.15, 0.2) is 41.0 Å². The van der Waals surface area contributed by atoms with Crippen molar-refractivity contribution in [3.63, 3.8) is 0 Å². The van der Waals surface area contributed by atoms with Crippen LogP contribution in [0.4, 0.5) is 5.95 Å². The van der Waals surface area contributed by atoms with Gasteiger partial charge < -0.3 is 4.74 Å². The number of hydrogen-bond acceptors (Lipinski definition) is 5. The number of hydrogen-bond donors (Lipinski definition) is 2. The molecule has 100 valence electrons. The topological polar surface area (TPSA) is 73.1 Å². The Kier molecular flexibility index (Phi) is 5.11. The molecule has 3 N–H and O–H groups in total. The van der Waals surface area contributed by atoms with Crippen LogP contribution in [0.5, 0.6) is 5.88 Å². The van der Waals surface area contributed by atoms with Crippen molar-refractivity contribution in [3.8, 4) is 5.88 Å². The molecule has 0 aliphatic rings. The largest absolute Gasteiger partial charge is 0.477 e. The summed E-state index contributed by atoms with van der Waals surface area (Å²) in [7, 11) is 0. The standard InChI is InChI=1S/C13H15BrN4O/c14-11-9-16-13(18-15)17-12(11)19-8-4-7-10-5-2-1-3-6-10/h1-3,5-6,9H,4,7-8,15H2,(H,16,17,18). The van der Waals surface area contributed by atoms with Crippen LogP contribution in [0.3, 0.4) is 0 Å². The zero-order valence-electron chi connectivity index (χ0n) is 10.3. The second kappa shape index (κ2) is 7.06. The van der Waals surface area contributed by atoms with Crippen LogP contribution < -0.4 is 16.0 Å². The van der Waals surface area contributed by atoms with Gasteiger partial charge in [-0.1, -0.05) is 30.3 Å². The molecule has 5 nitrogen and oxygen atoms in total. The summed E-state index contributed by atoms with van der Waals surface area (Å²) in [6.07, 6.45) is 3.51. The van der Waals surface area contributed by atoms with E-state index in [0.29, 0.717) is 22.9 Å². The molecule has 0 fully saturated rings. The summed E-state index contributed by atoms with van der Waals surface area (Å²) >= 11 is 3.34. The molecule has 0 saturated carbocycles. The molecule has 2 aromatic rings. The molecule has 2 rings (SSSR count). The third kappa shape index (κ3) is 4.18. The molecule has 1 aromatic carbocycles. The van der Waals surface area contributed by atoms with Crippen molar-refractivity contribution in [2.75, 3.05) is 12.0 Å². The molecule has 0 atom stereocenters. The predicted molar refractivity (Wildman–Crippen MR) is 77.8 cm³/mol. The molecule has 0 aliphatic carbocycles. The van der Waals surface area contributed by atoms with E-state index in [1.807, 2.05) is 18.2 Å². The van der Waals surface area contributed by atoms with Gasteiger partial charge >= 0.3 is 0 Å². The second-order valence-corrected chi connectivity index (χ2v) is 4.78. The number of halogens is 1. The van der Waals surface area contributed by atoms with E-state index >= 15 is 0 Å². The van der Waals surface area contributed by atoms with E-state index in [1.54, 1.807) is 6.20 Å². The minimum absolute atomic E-state index is 0.334. The molecule has 19 heavy (non-hydrogen) atoms. The number of nitrogens with zero attached hydrogens (tertiary/aromatic N) is 2. The van der Waals surface area contributed by atoms with Crippen LogP contribution in [0.2, 0.25) is 0 Å². The number of aryl methyl sites for hydroxylation is 1. The fraction of sp³-hybridized carbons (Fsp3) is 0.231. The summed E-state index contributed by atoms with van der Waals surface area (Å²) in [6.45, 7) is 0.592. The van der Waals surface area contributed by atoms with Gasteiger partial charge in [0.15, 0.2) is 0 Å². The normalized spacial score (nSPS) is 10.2. The molecule has 0 aliphatic heterocycles. The minimum Gasteiger partial charge on any atom is -0.477 e. The van der Waals surface area contributed by atoms with Gasteiger partial charge in [0.25, 0.3) is 0 Å². The number of aromatic nitrogens is 2. The van der Waals surface area contributed by atoms with E-state index in [4.69, 9.17) is 10.6 Å². The number of hydrazine groups is 1. The highest BCUT2D eigenvalue weighted by Gasteiger charge is 2.05. The van der Waals surface area contributed by atoms with Crippen LogP contribution in [-0.4, -0.2) is 16.6 Å². The number of nitrogens with two attached hydrogens (primary N) is 1. The van der Waals surface area contributed by atoms with E-state index in [2.05, 4.69) is 43.5 Å². The van der Waals surface area contributed by atoms with Crippen LogP contribution in [0, 0.1) is 0 Å². The number of rotatable bonds is 6. The van der Waals surface area contributed by atoms with Crippen molar-refractivity contribution in [1.82, 2.24) is 9.97 Å². The van der Waals surface area contributed by atoms with Gasteiger partial charge in [-0.3, -0.25) is 5.43 Å². The van der Waals surface area contributed by atoms with Crippen LogP contribution in [0.25, 0.3) is 0 Å². The molecule has 0 saturated heterocycles.